The fraction of sp³-hybridized carbons (Fsp3) is 0.0909. The lowest BCUT2D eigenvalue weighted by molar-refractivity contribution is -0.385. The smallest absolute Gasteiger partial charge is 0.282 e. The number of aryl methyl sites for hydroxylation is 1. The van der Waals surface area contributed by atoms with Gasteiger partial charge in [0.15, 0.2) is 0 Å². The Bertz CT molecular complexity index is 1200. The van der Waals surface area contributed by atoms with Crippen LogP contribution in [0.5, 0.6) is 0 Å². The molecule has 3 aromatic carbocycles. The molecule has 0 bridgehead atoms. The number of benzene rings is 3. The van der Waals surface area contributed by atoms with Crippen LogP contribution in [0.15, 0.2) is 72.8 Å². The molecule has 1 atom stereocenters. The minimum absolute atomic E-state index is 0.00499. The first kappa shape index (κ1) is 18.4. The average Bonchev–Trinajstić information content (AvgIpc) is 3.15. The number of nitrogens with one attached hydrogen (secondary N) is 2. The van der Waals surface area contributed by atoms with Crippen molar-refractivity contribution in [3.63, 3.8) is 0 Å². The SMILES string of the molecule is Cc1ccc2nc(C(NC(=O)c3ccccc3[N+](=O)[O-])c3ccccc3)[nH]c2c1. The van der Waals surface area contributed by atoms with Gasteiger partial charge in [-0.3, -0.25) is 14.9 Å². The van der Waals surface area contributed by atoms with Gasteiger partial charge in [-0.2, -0.15) is 0 Å². The van der Waals surface area contributed by atoms with E-state index in [0.29, 0.717) is 5.82 Å². The summed E-state index contributed by atoms with van der Waals surface area (Å²) in [6, 6.07) is 20.5. The van der Waals surface area contributed by atoms with Crippen molar-refractivity contribution in [3.8, 4) is 0 Å². The molecule has 1 unspecified atom stereocenters. The Hall–Kier alpha value is -4.00. The van der Waals surface area contributed by atoms with E-state index >= 15 is 0 Å². The molecule has 0 radical (unpaired) electrons. The zero-order valence-corrected chi connectivity index (χ0v) is 15.6. The fourth-order valence-electron chi connectivity index (χ4n) is 3.27. The van der Waals surface area contributed by atoms with Crippen molar-refractivity contribution in [1.29, 1.82) is 0 Å². The molecule has 29 heavy (non-hydrogen) atoms. The molecule has 1 heterocycles. The number of rotatable bonds is 5. The number of fused-ring (bicyclic) bond motifs is 1. The molecule has 1 aromatic heterocycles. The van der Waals surface area contributed by atoms with Crippen LogP contribution in [-0.2, 0) is 0 Å². The summed E-state index contributed by atoms with van der Waals surface area (Å²) in [6.45, 7) is 1.99. The first-order chi connectivity index (χ1) is 14.0. The predicted molar refractivity (Wildman–Crippen MR) is 110 cm³/mol. The molecule has 4 rings (SSSR count). The molecule has 0 fully saturated rings. The van der Waals surface area contributed by atoms with Gasteiger partial charge in [0.2, 0.25) is 0 Å². The maximum absolute atomic E-state index is 12.9. The topological polar surface area (TPSA) is 101 Å². The highest BCUT2D eigenvalue weighted by molar-refractivity contribution is 5.98. The van der Waals surface area contributed by atoms with Crippen molar-refractivity contribution in [1.82, 2.24) is 15.3 Å². The Balaban J connectivity index is 1.75. The van der Waals surface area contributed by atoms with Crippen molar-refractivity contribution in [2.75, 3.05) is 0 Å². The number of aromatic amines is 1. The molecule has 0 aliphatic rings. The number of carbonyl (C=O) groups excluding carboxylic acids is 1. The molecule has 0 aliphatic carbocycles. The standard InChI is InChI=1S/C22H18N4O3/c1-14-11-12-17-18(13-14)24-21(23-17)20(15-7-3-2-4-8-15)25-22(27)16-9-5-6-10-19(16)26(28)29/h2-13,20H,1H3,(H,23,24)(H,25,27). The van der Waals surface area contributed by atoms with Crippen molar-refractivity contribution in [2.24, 2.45) is 0 Å². The van der Waals surface area contributed by atoms with Crippen LogP contribution in [0.25, 0.3) is 11.0 Å². The van der Waals surface area contributed by atoms with Crippen LogP contribution >= 0.6 is 0 Å². The van der Waals surface area contributed by atoms with Gasteiger partial charge in [-0.1, -0.05) is 48.5 Å². The molecule has 2 N–H and O–H groups in total. The van der Waals surface area contributed by atoms with Crippen LogP contribution in [0.1, 0.15) is 33.4 Å². The average molecular weight is 386 g/mol. The molecule has 0 saturated heterocycles. The van der Waals surface area contributed by atoms with E-state index in [4.69, 9.17) is 0 Å². The molecule has 0 saturated carbocycles. The quantitative estimate of drug-likeness (QED) is 0.394. The number of hydrogen-bond donors (Lipinski definition) is 2. The monoisotopic (exact) mass is 386 g/mol. The van der Waals surface area contributed by atoms with E-state index in [0.717, 1.165) is 22.2 Å². The number of hydrogen-bond acceptors (Lipinski definition) is 4. The van der Waals surface area contributed by atoms with Crippen LogP contribution < -0.4 is 5.32 Å². The summed E-state index contributed by atoms with van der Waals surface area (Å²) < 4.78 is 0. The Morgan fingerprint density at radius 1 is 1.07 bits per heavy atom. The first-order valence-electron chi connectivity index (χ1n) is 9.08. The van der Waals surface area contributed by atoms with Crippen LogP contribution in [0.2, 0.25) is 0 Å². The van der Waals surface area contributed by atoms with Gasteiger partial charge in [-0.15, -0.1) is 0 Å². The van der Waals surface area contributed by atoms with E-state index in [1.165, 1.54) is 18.2 Å². The summed E-state index contributed by atoms with van der Waals surface area (Å²) in [6.07, 6.45) is 0. The van der Waals surface area contributed by atoms with Crippen LogP contribution in [0.4, 0.5) is 5.69 Å². The summed E-state index contributed by atoms with van der Waals surface area (Å²) in [5.41, 5.74) is 3.32. The lowest BCUT2D eigenvalue weighted by Crippen LogP contribution is -2.30. The molecule has 7 nitrogen and oxygen atoms in total. The summed E-state index contributed by atoms with van der Waals surface area (Å²) in [5.74, 6) is 0.0199. The third-order valence-electron chi connectivity index (χ3n) is 4.68. The number of imidazole rings is 1. The zero-order valence-electron chi connectivity index (χ0n) is 15.6. The van der Waals surface area contributed by atoms with E-state index < -0.39 is 16.9 Å². The van der Waals surface area contributed by atoms with E-state index in [2.05, 4.69) is 15.3 Å². The lowest BCUT2D eigenvalue weighted by Gasteiger charge is -2.17. The second kappa shape index (κ2) is 7.55. The molecule has 4 aromatic rings. The van der Waals surface area contributed by atoms with E-state index in [9.17, 15) is 14.9 Å². The molecule has 144 valence electrons. The number of para-hydroxylation sites is 1. The summed E-state index contributed by atoms with van der Waals surface area (Å²) in [5, 5.41) is 14.2. The highest BCUT2D eigenvalue weighted by Crippen LogP contribution is 2.25. The van der Waals surface area contributed by atoms with Crippen LogP contribution in [0.3, 0.4) is 0 Å². The molecule has 0 aliphatic heterocycles. The third kappa shape index (κ3) is 3.70. The molecular formula is C22H18N4O3. The number of nitro groups is 1. The normalized spacial score (nSPS) is 11.9. The highest BCUT2D eigenvalue weighted by atomic mass is 16.6. The zero-order chi connectivity index (χ0) is 20.4. The van der Waals surface area contributed by atoms with Crippen molar-refractivity contribution >= 4 is 22.6 Å². The van der Waals surface area contributed by atoms with E-state index in [1.54, 1.807) is 6.07 Å². The van der Waals surface area contributed by atoms with Gasteiger partial charge in [-0.05, 0) is 36.2 Å². The second-order valence-electron chi connectivity index (χ2n) is 6.73. The number of nitrogens with zero attached hydrogens (tertiary/aromatic N) is 2. The number of amides is 1. The van der Waals surface area contributed by atoms with Gasteiger partial charge in [0.1, 0.15) is 17.4 Å². The number of nitro benzene ring substituents is 1. The second-order valence-corrected chi connectivity index (χ2v) is 6.73. The van der Waals surface area contributed by atoms with Gasteiger partial charge in [-0.25, -0.2) is 4.98 Å². The van der Waals surface area contributed by atoms with Crippen molar-refractivity contribution < 1.29 is 9.72 Å². The largest absolute Gasteiger partial charge is 0.340 e. The third-order valence-corrected chi connectivity index (χ3v) is 4.68. The summed E-state index contributed by atoms with van der Waals surface area (Å²) >= 11 is 0. The molecular weight excluding hydrogens is 368 g/mol. The van der Waals surface area contributed by atoms with Crippen LogP contribution in [-0.4, -0.2) is 20.8 Å². The predicted octanol–water partition coefficient (Wildman–Crippen LogP) is 4.30. The maximum Gasteiger partial charge on any atom is 0.282 e. The summed E-state index contributed by atoms with van der Waals surface area (Å²) in [7, 11) is 0. The molecule has 7 heteroatoms. The van der Waals surface area contributed by atoms with Gasteiger partial charge in [0.05, 0.1) is 16.0 Å². The lowest BCUT2D eigenvalue weighted by atomic mass is 10.1. The van der Waals surface area contributed by atoms with E-state index in [1.807, 2.05) is 55.5 Å². The summed E-state index contributed by atoms with van der Waals surface area (Å²) in [4.78, 5) is 31.6. The molecule has 0 spiro atoms. The Morgan fingerprint density at radius 2 is 1.79 bits per heavy atom. The number of carbonyl (C=O) groups is 1. The fourth-order valence-corrected chi connectivity index (χ4v) is 3.27. The molecule has 1 amide bonds. The van der Waals surface area contributed by atoms with E-state index in [-0.39, 0.29) is 11.3 Å². The minimum atomic E-state index is -0.587. The first-order valence-corrected chi connectivity index (χ1v) is 9.08. The van der Waals surface area contributed by atoms with Crippen LogP contribution in [0, 0.1) is 17.0 Å². The van der Waals surface area contributed by atoms with Crippen molar-refractivity contribution in [2.45, 2.75) is 13.0 Å². The Morgan fingerprint density at radius 3 is 2.55 bits per heavy atom. The number of H-pyrrole nitrogens is 1. The van der Waals surface area contributed by atoms with Gasteiger partial charge >= 0.3 is 0 Å². The maximum atomic E-state index is 12.9. The Labute approximate surface area is 166 Å². The van der Waals surface area contributed by atoms with Crippen molar-refractivity contribution in [3.05, 3.63) is 105 Å². The van der Waals surface area contributed by atoms with Gasteiger partial charge < -0.3 is 10.3 Å². The number of aromatic nitrogens is 2. The van der Waals surface area contributed by atoms with Gasteiger partial charge in [0.25, 0.3) is 11.6 Å². The Kier molecular flexibility index (Phi) is 4.78. The van der Waals surface area contributed by atoms with Gasteiger partial charge in [0, 0.05) is 6.07 Å². The highest BCUT2D eigenvalue weighted by Gasteiger charge is 2.25. The minimum Gasteiger partial charge on any atom is -0.340 e.